The third-order valence-corrected chi connectivity index (χ3v) is 21.3. The van der Waals surface area contributed by atoms with Gasteiger partial charge in [0.1, 0.15) is 0 Å². The first-order chi connectivity index (χ1) is 43.2. The molecule has 0 bridgehead atoms. The Balaban J connectivity index is 0.994. The first-order valence-corrected chi connectivity index (χ1v) is 33.6. The number of benzene rings is 11. The summed E-state index contributed by atoms with van der Waals surface area (Å²) in [4.78, 5) is 15.3. The van der Waals surface area contributed by atoms with Gasteiger partial charge in [-0.3, -0.25) is 0 Å². The van der Waals surface area contributed by atoms with E-state index in [-0.39, 0.29) is 35.1 Å². The van der Waals surface area contributed by atoms with E-state index < -0.39 is 0 Å². The largest absolute Gasteiger partial charge is 0.311 e. The van der Waals surface area contributed by atoms with Crippen LogP contribution in [0.3, 0.4) is 0 Å². The van der Waals surface area contributed by atoms with Gasteiger partial charge in [0.25, 0.3) is 0 Å². The van der Waals surface area contributed by atoms with Crippen molar-refractivity contribution in [2.75, 3.05) is 19.6 Å². The van der Waals surface area contributed by atoms with E-state index in [4.69, 9.17) is 0 Å². The highest BCUT2D eigenvalue weighted by Crippen LogP contribution is 2.51. The maximum Gasteiger partial charge on any atom is 0.249 e. The lowest BCUT2D eigenvalue weighted by atomic mass is 9.31. The van der Waals surface area contributed by atoms with Crippen LogP contribution < -0.4 is 52.4 Å². The van der Waals surface area contributed by atoms with Crippen molar-refractivity contribution < 1.29 is 0 Å². The molecule has 0 saturated heterocycles. The number of fused-ring (bicyclic) bond motifs is 8. The lowest BCUT2D eigenvalue weighted by Crippen LogP contribution is -2.64. The van der Waals surface area contributed by atoms with Crippen molar-refractivity contribution >= 4 is 138 Å². The maximum absolute atomic E-state index is 2.65. The molecule has 0 saturated carbocycles. The third-order valence-electron chi connectivity index (χ3n) is 19.0. The molecule has 15 rings (SSSR count). The fourth-order valence-electron chi connectivity index (χ4n) is 14.2. The van der Waals surface area contributed by atoms with Gasteiger partial charge in [-0.2, -0.15) is 0 Å². The van der Waals surface area contributed by atoms with Gasteiger partial charge in [0, 0.05) is 87.8 Å². The van der Waals surface area contributed by atoms with E-state index in [1.807, 2.05) is 23.5 Å². The molecule has 0 amide bonds. The fourth-order valence-corrected chi connectivity index (χ4v) is 16.6. The molecule has 0 spiro atoms. The van der Waals surface area contributed by atoms with Crippen LogP contribution in [0.2, 0.25) is 0 Å². The molecule has 4 aliphatic heterocycles. The number of hydrogen-bond donors (Lipinski definition) is 0. The lowest BCUT2D eigenvalue weighted by Gasteiger charge is -2.45. The minimum Gasteiger partial charge on any atom is -0.311 e. The van der Waals surface area contributed by atoms with E-state index in [0.29, 0.717) is 0 Å². The Morgan fingerprint density at radius 2 is 0.567 bits per heavy atom. The predicted molar refractivity (Wildman–Crippen MR) is 390 cm³/mol. The number of anilines is 12. The summed E-state index contributed by atoms with van der Waals surface area (Å²) in [5, 5.41) is 0. The van der Waals surface area contributed by atoms with Crippen molar-refractivity contribution in [1.82, 2.24) is 0 Å². The smallest absolute Gasteiger partial charge is 0.249 e. The quantitative estimate of drug-likeness (QED) is 0.140. The van der Waals surface area contributed by atoms with Gasteiger partial charge >= 0.3 is 0 Å². The summed E-state index contributed by atoms with van der Waals surface area (Å²) in [5.41, 5.74) is 27.0. The van der Waals surface area contributed by atoms with Crippen molar-refractivity contribution in [3.8, 4) is 0 Å². The molecule has 11 aromatic carbocycles. The summed E-state index contributed by atoms with van der Waals surface area (Å²) in [5.74, 6) is 0. The topological polar surface area (TPSA) is 13.0 Å². The first-order valence-electron chi connectivity index (χ1n) is 32.0. The minimum atomic E-state index is -0.0446. The summed E-state index contributed by atoms with van der Waals surface area (Å²) in [7, 11) is 0. The van der Waals surface area contributed by atoms with Crippen LogP contribution in [0.25, 0.3) is 0 Å². The molecular formula is C82H76B2N4S2. The van der Waals surface area contributed by atoms with E-state index in [0.717, 1.165) is 45.5 Å². The molecule has 11 aromatic rings. The maximum atomic E-state index is 2.65. The molecule has 0 unspecified atom stereocenters. The zero-order chi connectivity index (χ0) is 62.2. The van der Waals surface area contributed by atoms with Gasteiger partial charge < -0.3 is 19.6 Å². The summed E-state index contributed by atoms with van der Waals surface area (Å²) < 4.78 is 0. The lowest BCUT2D eigenvalue weighted by molar-refractivity contribution is 0.590. The second kappa shape index (κ2) is 21.6. The predicted octanol–water partition coefficient (Wildman–Crippen LogP) is 19.3. The number of para-hydroxylation sites is 2. The van der Waals surface area contributed by atoms with Crippen LogP contribution in [0, 0.1) is 0 Å². The second-order valence-corrected chi connectivity index (χ2v) is 31.2. The molecule has 442 valence electrons. The van der Waals surface area contributed by atoms with E-state index in [1.54, 1.807) is 0 Å². The van der Waals surface area contributed by atoms with Crippen molar-refractivity contribution in [2.24, 2.45) is 0 Å². The first kappa shape index (κ1) is 57.9. The molecular weight excluding hydrogens is 1130 g/mol. The highest BCUT2D eigenvalue weighted by Gasteiger charge is 2.47. The van der Waals surface area contributed by atoms with Gasteiger partial charge in [-0.15, -0.1) is 0 Å². The molecule has 4 aliphatic rings. The molecule has 0 fully saturated rings. The molecule has 4 nitrogen and oxygen atoms in total. The Bertz CT molecular complexity index is 4170. The van der Waals surface area contributed by atoms with Gasteiger partial charge in [-0.05, 0) is 181 Å². The van der Waals surface area contributed by atoms with Crippen LogP contribution >= 0.6 is 23.5 Å². The molecule has 4 heterocycles. The normalized spacial score (nSPS) is 13.8. The molecule has 0 N–H and O–H groups in total. The molecule has 0 aliphatic carbocycles. The Morgan fingerprint density at radius 3 is 0.878 bits per heavy atom. The summed E-state index contributed by atoms with van der Waals surface area (Å²) >= 11 is 3.83. The Hall–Kier alpha value is -8.55. The zero-order valence-electron chi connectivity index (χ0n) is 53.9. The van der Waals surface area contributed by atoms with Gasteiger partial charge in [0.15, 0.2) is 0 Å². The van der Waals surface area contributed by atoms with Crippen LogP contribution in [0.5, 0.6) is 0 Å². The molecule has 0 radical (unpaired) electrons. The minimum absolute atomic E-state index is 0.00971. The van der Waals surface area contributed by atoms with Gasteiger partial charge in [0.05, 0.1) is 0 Å². The highest BCUT2D eigenvalue weighted by molar-refractivity contribution is 8.00. The Kier molecular flexibility index (Phi) is 13.9. The molecule has 0 aromatic heterocycles. The monoisotopic (exact) mass is 1200 g/mol. The molecule has 0 atom stereocenters. The highest BCUT2D eigenvalue weighted by atomic mass is 32.2. The van der Waals surface area contributed by atoms with Crippen LogP contribution in [0.1, 0.15) is 105 Å². The average Bonchev–Trinajstić information content (AvgIpc) is 0.694. The average molecular weight is 1200 g/mol. The van der Waals surface area contributed by atoms with Crippen LogP contribution in [0.4, 0.5) is 68.2 Å². The second-order valence-electron chi connectivity index (χ2n) is 29.1. The number of nitrogens with zero attached hydrogens (tertiary/aromatic N) is 4. The van der Waals surface area contributed by atoms with Gasteiger partial charge in [0.2, 0.25) is 13.4 Å². The van der Waals surface area contributed by atoms with Gasteiger partial charge in [-0.25, -0.2) is 0 Å². The summed E-state index contributed by atoms with van der Waals surface area (Å²) in [6, 6.07) is 93.1. The third kappa shape index (κ3) is 9.97. The zero-order valence-corrected chi connectivity index (χ0v) is 55.5. The molecule has 90 heavy (non-hydrogen) atoms. The van der Waals surface area contributed by atoms with Crippen LogP contribution in [-0.2, 0) is 21.7 Å². The van der Waals surface area contributed by atoms with Crippen molar-refractivity contribution in [3.05, 3.63) is 265 Å². The van der Waals surface area contributed by atoms with E-state index in [9.17, 15) is 0 Å². The SMILES string of the molecule is CC(C)(C)c1ccc(N(c2ccc(C(C)(C)C)cc2)c2cc3c4c(c2)N(c2ccccc2)c2cc5c(cc2B4c2ccccc2S3)B2c3ccccc3Sc3cc(N(c4ccc(C(C)(C)C)cc4)c4ccc(C(C)(C)C)cc4)cc(c32)N5c2ccccc2)cc1. The number of rotatable bonds is 8. The number of hydrogen-bond acceptors (Lipinski definition) is 6. The van der Waals surface area contributed by atoms with Crippen molar-refractivity contribution in [2.45, 2.75) is 124 Å². The van der Waals surface area contributed by atoms with Gasteiger partial charge in [-0.1, -0.05) is 245 Å². The van der Waals surface area contributed by atoms with Crippen LogP contribution in [-0.4, -0.2) is 13.4 Å². The summed E-state index contributed by atoms with van der Waals surface area (Å²) in [6.07, 6.45) is 0. The summed E-state index contributed by atoms with van der Waals surface area (Å²) in [6.45, 7) is 27.5. The van der Waals surface area contributed by atoms with E-state index >= 15 is 0 Å². The molecule has 8 heteroatoms. The fraction of sp³-hybridized carbons (Fsp3) is 0.195. The van der Waals surface area contributed by atoms with E-state index in [2.05, 4.69) is 345 Å². The standard InChI is InChI=1S/C82H76B2N4S2/c1-79(2,3)53-31-39-59(40-32-53)85(60-41-33-54(34-42-60)80(4,5)6)63-47-71-77-75(49-63)89-73-29-21-19-27-65(73)83(77)67-51-68-70(52-69(67)87(71)57-23-15-13-16-24-57)88(58-25-17-14-18-26-58)72-48-64(50-76-78(72)84(68)66-28-20-22-30-74(66)90-76)86(61-43-35-55(36-44-61)81(7,8)9)62-45-37-56(38-46-62)82(10,11)12/h13-52H,1-12H3. The van der Waals surface area contributed by atoms with Crippen molar-refractivity contribution in [3.63, 3.8) is 0 Å². The van der Waals surface area contributed by atoms with Crippen molar-refractivity contribution in [1.29, 1.82) is 0 Å². The Labute approximate surface area is 543 Å². The Morgan fingerprint density at radius 1 is 0.267 bits per heavy atom. The van der Waals surface area contributed by atoms with Crippen LogP contribution in [0.15, 0.2) is 262 Å². The van der Waals surface area contributed by atoms with E-state index in [1.165, 1.54) is 97.4 Å².